The number of ether oxygens (including phenoxy) is 1. The van der Waals surface area contributed by atoms with Crippen molar-refractivity contribution in [3.05, 3.63) is 26.8 Å². The lowest BCUT2D eigenvalue weighted by Crippen LogP contribution is -2.52. The van der Waals surface area contributed by atoms with E-state index in [2.05, 4.69) is 4.72 Å². The van der Waals surface area contributed by atoms with E-state index in [1.807, 2.05) is 0 Å². The second-order valence-electron chi connectivity index (χ2n) is 6.59. The van der Waals surface area contributed by atoms with Gasteiger partial charge in [-0.3, -0.25) is 9.59 Å². The van der Waals surface area contributed by atoms with Gasteiger partial charge in [0.1, 0.15) is 12.1 Å². The molecule has 1 unspecified atom stereocenters. The number of halogens is 1. The molecule has 8 nitrogen and oxygen atoms in total. The van der Waals surface area contributed by atoms with Crippen molar-refractivity contribution in [2.24, 2.45) is 0 Å². The Morgan fingerprint density at radius 1 is 1.36 bits per heavy atom. The Labute approximate surface area is 173 Å². The van der Waals surface area contributed by atoms with E-state index in [1.165, 1.54) is 22.3 Å². The number of hydrogen-bond acceptors (Lipinski definition) is 6. The molecule has 0 spiro atoms. The van der Waals surface area contributed by atoms with Gasteiger partial charge in [0, 0.05) is 29.9 Å². The average molecular weight is 448 g/mol. The molecule has 2 saturated heterocycles. The molecule has 11 heteroatoms. The number of amides is 2. The van der Waals surface area contributed by atoms with Crippen LogP contribution in [0.1, 0.15) is 18.2 Å². The summed E-state index contributed by atoms with van der Waals surface area (Å²) in [6, 6.07) is 1.88. The van der Waals surface area contributed by atoms with Crippen LogP contribution in [0.3, 0.4) is 0 Å². The topological polar surface area (TPSA) is 96.0 Å². The van der Waals surface area contributed by atoms with Gasteiger partial charge in [-0.05, 0) is 31.6 Å². The summed E-state index contributed by atoms with van der Waals surface area (Å²) in [6.07, 6.45) is 1.75. The van der Waals surface area contributed by atoms with Crippen LogP contribution in [0.2, 0.25) is 4.34 Å². The standard InChI is InChI=1S/C17H22ClN3O5S2/c1-12(16(22)20-7-9-26-10-8-20)21-6-4-14(17(21)23)19-28(24,25)11-5-13-2-3-15(18)27-13/h2-3,5,11-12,14,19H,4,6-10H2,1H3/t12-,14?/m0/s1. The Hall–Kier alpha value is -1.46. The summed E-state index contributed by atoms with van der Waals surface area (Å²) < 4.78 is 32.8. The number of sulfonamides is 1. The number of morpholine rings is 1. The zero-order chi connectivity index (χ0) is 20.3. The average Bonchev–Trinajstić information content (AvgIpc) is 3.25. The number of rotatable bonds is 6. The summed E-state index contributed by atoms with van der Waals surface area (Å²) in [7, 11) is -3.80. The fourth-order valence-corrected chi connectivity index (χ4v) is 5.26. The zero-order valence-electron chi connectivity index (χ0n) is 15.3. The Morgan fingerprint density at radius 3 is 2.71 bits per heavy atom. The molecule has 28 heavy (non-hydrogen) atoms. The van der Waals surface area contributed by atoms with E-state index in [-0.39, 0.29) is 11.8 Å². The molecule has 2 aliphatic rings. The third-order valence-corrected chi connectivity index (χ3v) is 7.00. The van der Waals surface area contributed by atoms with E-state index in [0.29, 0.717) is 48.5 Å². The first-order valence-corrected chi connectivity index (χ1v) is 11.6. The first-order chi connectivity index (χ1) is 13.3. The van der Waals surface area contributed by atoms with E-state index >= 15 is 0 Å². The number of nitrogens with zero attached hydrogens (tertiary/aromatic N) is 2. The third kappa shape index (κ3) is 5.12. The summed E-state index contributed by atoms with van der Waals surface area (Å²) >= 11 is 7.08. The molecule has 1 aromatic heterocycles. The number of carbonyl (C=O) groups excluding carboxylic acids is 2. The summed E-state index contributed by atoms with van der Waals surface area (Å²) in [5, 5.41) is 1.02. The van der Waals surface area contributed by atoms with Crippen LogP contribution in [0, 0.1) is 0 Å². The van der Waals surface area contributed by atoms with Gasteiger partial charge in [-0.1, -0.05) is 11.6 Å². The third-order valence-electron chi connectivity index (χ3n) is 4.70. The molecular weight excluding hydrogens is 426 g/mol. The molecule has 0 aliphatic carbocycles. The molecular formula is C17H22ClN3O5S2. The largest absolute Gasteiger partial charge is 0.378 e. The second kappa shape index (κ2) is 8.91. The number of likely N-dealkylation sites (tertiary alicyclic amines) is 1. The van der Waals surface area contributed by atoms with Crippen LogP contribution in [-0.2, 0) is 24.3 Å². The fraction of sp³-hybridized carbons (Fsp3) is 0.529. The first-order valence-electron chi connectivity index (χ1n) is 8.89. The van der Waals surface area contributed by atoms with Gasteiger partial charge >= 0.3 is 0 Å². The van der Waals surface area contributed by atoms with Crippen molar-refractivity contribution in [1.29, 1.82) is 0 Å². The lowest BCUT2D eigenvalue weighted by atomic mass is 10.2. The SMILES string of the molecule is C[C@@H](C(=O)N1CCOCC1)N1CCC(NS(=O)(=O)C=Cc2ccc(Cl)s2)C1=O. The predicted molar refractivity (Wildman–Crippen MR) is 107 cm³/mol. The maximum absolute atomic E-state index is 12.7. The Morgan fingerprint density at radius 2 is 2.07 bits per heavy atom. The van der Waals surface area contributed by atoms with E-state index in [4.69, 9.17) is 16.3 Å². The van der Waals surface area contributed by atoms with Crippen LogP contribution in [0.4, 0.5) is 0 Å². The van der Waals surface area contributed by atoms with E-state index in [9.17, 15) is 18.0 Å². The smallest absolute Gasteiger partial charge is 0.245 e. The first kappa shape index (κ1) is 21.3. The molecule has 3 heterocycles. The number of thiophene rings is 1. The number of carbonyl (C=O) groups is 2. The minimum Gasteiger partial charge on any atom is -0.378 e. The van der Waals surface area contributed by atoms with Crippen LogP contribution in [0.25, 0.3) is 6.08 Å². The van der Waals surface area contributed by atoms with Crippen molar-refractivity contribution in [2.75, 3.05) is 32.8 Å². The van der Waals surface area contributed by atoms with Gasteiger partial charge in [0.2, 0.25) is 21.8 Å². The van der Waals surface area contributed by atoms with Crippen molar-refractivity contribution in [1.82, 2.24) is 14.5 Å². The minimum atomic E-state index is -3.80. The van der Waals surface area contributed by atoms with Gasteiger partial charge in [-0.25, -0.2) is 8.42 Å². The van der Waals surface area contributed by atoms with Gasteiger partial charge in [-0.15, -0.1) is 11.3 Å². The highest BCUT2D eigenvalue weighted by Crippen LogP contribution is 2.23. The van der Waals surface area contributed by atoms with E-state index < -0.39 is 22.1 Å². The van der Waals surface area contributed by atoms with Crippen LogP contribution < -0.4 is 4.72 Å². The van der Waals surface area contributed by atoms with Gasteiger partial charge in [-0.2, -0.15) is 4.72 Å². The van der Waals surface area contributed by atoms with Gasteiger partial charge in [0.15, 0.2) is 0 Å². The molecule has 2 atom stereocenters. The highest BCUT2D eigenvalue weighted by molar-refractivity contribution is 7.92. The summed E-state index contributed by atoms with van der Waals surface area (Å²) in [4.78, 5) is 29.1. The lowest BCUT2D eigenvalue weighted by Gasteiger charge is -2.32. The van der Waals surface area contributed by atoms with E-state index in [1.54, 1.807) is 24.0 Å². The van der Waals surface area contributed by atoms with Crippen LogP contribution in [-0.4, -0.2) is 75.0 Å². The molecule has 0 radical (unpaired) electrons. The number of hydrogen-bond donors (Lipinski definition) is 1. The van der Waals surface area contributed by atoms with E-state index in [0.717, 1.165) is 5.41 Å². The summed E-state index contributed by atoms with van der Waals surface area (Å²) in [6.45, 7) is 3.96. The van der Waals surface area contributed by atoms with Crippen LogP contribution >= 0.6 is 22.9 Å². The molecule has 1 N–H and O–H groups in total. The Kier molecular flexibility index (Phi) is 6.77. The molecule has 2 amide bonds. The molecule has 0 bridgehead atoms. The molecule has 154 valence electrons. The summed E-state index contributed by atoms with van der Waals surface area (Å²) in [5.74, 6) is -0.528. The van der Waals surface area contributed by atoms with Crippen LogP contribution in [0.5, 0.6) is 0 Å². The maximum Gasteiger partial charge on any atom is 0.245 e. The Balaban J connectivity index is 1.59. The van der Waals surface area contributed by atoms with Crippen molar-refractivity contribution >= 4 is 50.9 Å². The highest BCUT2D eigenvalue weighted by atomic mass is 35.5. The fourth-order valence-electron chi connectivity index (χ4n) is 3.19. The van der Waals surface area contributed by atoms with Crippen molar-refractivity contribution in [3.63, 3.8) is 0 Å². The normalized spacial score (nSPS) is 22.2. The molecule has 2 aliphatic heterocycles. The number of nitrogens with one attached hydrogen (secondary N) is 1. The van der Waals surface area contributed by atoms with Crippen molar-refractivity contribution in [2.45, 2.75) is 25.4 Å². The summed E-state index contributed by atoms with van der Waals surface area (Å²) in [5.41, 5.74) is 0. The molecule has 3 rings (SSSR count). The van der Waals surface area contributed by atoms with Gasteiger partial charge in [0.05, 0.1) is 17.6 Å². The zero-order valence-corrected chi connectivity index (χ0v) is 17.7. The van der Waals surface area contributed by atoms with Crippen molar-refractivity contribution in [3.8, 4) is 0 Å². The monoisotopic (exact) mass is 447 g/mol. The van der Waals surface area contributed by atoms with Crippen molar-refractivity contribution < 1.29 is 22.7 Å². The van der Waals surface area contributed by atoms with Gasteiger partial charge < -0.3 is 14.5 Å². The maximum atomic E-state index is 12.7. The minimum absolute atomic E-state index is 0.144. The quantitative estimate of drug-likeness (QED) is 0.705. The molecule has 1 aromatic rings. The lowest BCUT2D eigenvalue weighted by molar-refractivity contribution is -0.146. The van der Waals surface area contributed by atoms with Crippen LogP contribution in [0.15, 0.2) is 17.5 Å². The Bertz CT molecular complexity index is 864. The highest BCUT2D eigenvalue weighted by Gasteiger charge is 2.39. The molecule has 2 fully saturated rings. The molecule has 0 aromatic carbocycles. The second-order valence-corrected chi connectivity index (χ2v) is 9.94. The van der Waals surface area contributed by atoms with Gasteiger partial charge in [0.25, 0.3) is 0 Å². The molecule has 0 saturated carbocycles. The predicted octanol–water partition coefficient (Wildman–Crippen LogP) is 1.14.